The molecule has 7 nitrogen and oxygen atoms in total. The predicted octanol–water partition coefficient (Wildman–Crippen LogP) is 5.15. The third kappa shape index (κ3) is 4.65. The van der Waals surface area contributed by atoms with E-state index in [9.17, 15) is 0 Å². The first-order valence-corrected chi connectivity index (χ1v) is 12.9. The molecule has 1 saturated heterocycles. The Morgan fingerprint density at radius 2 is 1.61 bits per heavy atom. The Kier molecular flexibility index (Phi) is 6.27. The first-order chi connectivity index (χ1) is 17.8. The molecule has 0 unspecified atom stereocenters. The van der Waals surface area contributed by atoms with Crippen LogP contribution in [0.5, 0.6) is 5.75 Å². The van der Waals surface area contributed by atoms with Crippen molar-refractivity contribution in [2.45, 2.75) is 6.54 Å². The molecule has 0 bridgehead atoms. The van der Waals surface area contributed by atoms with E-state index in [-0.39, 0.29) is 0 Å². The standard InChI is InChI=1S/C28H26N6OS/c1-35-23-8-6-21(7-9-23)28-30-22(19-36-28)18-33-14-16-34(17-15-33)27-24-4-2-3-5-25(24)31-26(32-27)20-10-12-29-13-11-20/h2-13,19H,14-18H2,1H3. The van der Waals surface area contributed by atoms with Crippen LogP contribution in [0.3, 0.4) is 0 Å². The van der Waals surface area contributed by atoms with Crippen LogP contribution in [0, 0.1) is 0 Å². The molecule has 0 N–H and O–H groups in total. The molecule has 8 heteroatoms. The number of para-hydroxylation sites is 1. The zero-order valence-corrected chi connectivity index (χ0v) is 20.9. The molecule has 0 radical (unpaired) electrons. The fourth-order valence-electron chi connectivity index (χ4n) is 4.52. The zero-order valence-electron chi connectivity index (χ0n) is 20.0. The largest absolute Gasteiger partial charge is 0.497 e. The third-order valence-electron chi connectivity index (χ3n) is 6.47. The molecule has 0 amide bonds. The summed E-state index contributed by atoms with van der Waals surface area (Å²) >= 11 is 1.69. The molecule has 1 fully saturated rings. The summed E-state index contributed by atoms with van der Waals surface area (Å²) in [7, 11) is 1.68. The number of methoxy groups -OCH3 is 1. The molecule has 5 aromatic rings. The lowest BCUT2D eigenvalue weighted by Gasteiger charge is -2.35. The van der Waals surface area contributed by atoms with Crippen molar-refractivity contribution in [2.75, 3.05) is 38.2 Å². The van der Waals surface area contributed by atoms with Crippen LogP contribution < -0.4 is 9.64 Å². The van der Waals surface area contributed by atoms with Gasteiger partial charge in [-0.15, -0.1) is 11.3 Å². The van der Waals surface area contributed by atoms with Gasteiger partial charge in [0, 0.05) is 67.0 Å². The maximum atomic E-state index is 5.27. The van der Waals surface area contributed by atoms with Gasteiger partial charge in [-0.25, -0.2) is 15.0 Å². The second-order valence-corrected chi connectivity index (χ2v) is 9.62. The Balaban J connectivity index is 1.16. The van der Waals surface area contributed by atoms with Crippen molar-refractivity contribution in [1.82, 2.24) is 24.8 Å². The maximum absolute atomic E-state index is 5.27. The molecular weight excluding hydrogens is 468 g/mol. The quantitative estimate of drug-likeness (QED) is 0.324. The predicted molar refractivity (Wildman–Crippen MR) is 144 cm³/mol. The van der Waals surface area contributed by atoms with E-state index in [2.05, 4.69) is 50.5 Å². The van der Waals surface area contributed by atoms with E-state index in [4.69, 9.17) is 19.7 Å². The summed E-state index contributed by atoms with van der Waals surface area (Å²) in [5.74, 6) is 2.60. The second-order valence-electron chi connectivity index (χ2n) is 8.76. The Bertz CT molecular complexity index is 1460. The summed E-state index contributed by atoms with van der Waals surface area (Å²) in [5.41, 5.74) is 4.18. The molecule has 36 heavy (non-hydrogen) atoms. The van der Waals surface area contributed by atoms with Crippen molar-refractivity contribution in [1.29, 1.82) is 0 Å². The van der Waals surface area contributed by atoms with Gasteiger partial charge in [-0.2, -0.15) is 0 Å². The number of nitrogens with zero attached hydrogens (tertiary/aromatic N) is 6. The molecule has 1 aliphatic heterocycles. The normalized spacial score (nSPS) is 14.3. The summed E-state index contributed by atoms with van der Waals surface area (Å²) in [4.78, 5) is 23.7. The molecule has 2 aromatic carbocycles. The van der Waals surface area contributed by atoms with Crippen LogP contribution in [0.2, 0.25) is 0 Å². The SMILES string of the molecule is COc1ccc(-c2nc(CN3CCN(c4nc(-c5ccncc5)nc5ccccc45)CC3)cs2)cc1. The fraction of sp³-hybridized carbons (Fsp3) is 0.214. The minimum atomic E-state index is 0.738. The molecule has 0 atom stereocenters. The first kappa shape index (κ1) is 22.6. The van der Waals surface area contributed by atoms with Crippen LogP contribution in [0.4, 0.5) is 5.82 Å². The number of thiazole rings is 1. The molecule has 180 valence electrons. The number of ether oxygens (including phenoxy) is 1. The smallest absolute Gasteiger partial charge is 0.162 e. The van der Waals surface area contributed by atoms with Crippen LogP contribution in [-0.4, -0.2) is 58.1 Å². The van der Waals surface area contributed by atoms with Crippen molar-refractivity contribution in [2.24, 2.45) is 0 Å². The van der Waals surface area contributed by atoms with Crippen LogP contribution in [0.1, 0.15) is 5.69 Å². The van der Waals surface area contributed by atoms with Crippen molar-refractivity contribution >= 4 is 28.1 Å². The summed E-state index contributed by atoms with van der Waals surface area (Å²) in [6, 6.07) is 20.3. The van der Waals surface area contributed by atoms with Gasteiger partial charge in [0.15, 0.2) is 5.82 Å². The van der Waals surface area contributed by atoms with Gasteiger partial charge in [0.2, 0.25) is 0 Å². The van der Waals surface area contributed by atoms with E-state index in [0.29, 0.717) is 0 Å². The molecule has 0 spiro atoms. The van der Waals surface area contributed by atoms with E-state index in [0.717, 1.165) is 82.8 Å². The average Bonchev–Trinajstić information content (AvgIpc) is 3.42. The topological polar surface area (TPSA) is 67.3 Å². The van der Waals surface area contributed by atoms with E-state index >= 15 is 0 Å². The van der Waals surface area contributed by atoms with Gasteiger partial charge in [0.05, 0.1) is 18.3 Å². The molecular formula is C28H26N6OS. The van der Waals surface area contributed by atoms with Crippen LogP contribution in [-0.2, 0) is 6.54 Å². The number of aromatic nitrogens is 4. The highest BCUT2D eigenvalue weighted by molar-refractivity contribution is 7.13. The number of rotatable bonds is 6. The van der Waals surface area contributed by atoms with E-state index in [1.54, 1.807) is 30.8 Å². The van der Waals surface area contributed by atoms with Gasteiger partial charge in [-0.1, -0.05) is 12.1 Å². The summed E-state index contributed by atoms with van der Waals surface area (Å²) in [6.07, 6.45) is 3.57. The number of benzene rings is 2. The fourth-order valence-corrected chi connectivity index (χ4v) is 5.34. The third-order valence-corrected chi connectivity index (χ3v) is 7.41. The Hall–Kier alpha value is -3.88. The minimum absolute atomic E-state index is 0.738. The molecule has 3 aromatic heterocycles. The number of hydrogen-bond donors (Lipinski definition) is 0. The van der Waals surface area contributed by atoms with Crippen LogP contribution >= 0.6 is 11.3 Å². The molecule has 6 rings (SSSR count). The van der Waals surface area contributed by atoms with Crippen molar-refractivity contribution in [3.05, 3.63) is 84.1 Å². The lowest BCUT2D eigenvalue weighted by atomic mass is 10.2. The van der Waals surface area contributed by atoms with Gasteiger partial charge in [0.1, 0.15) is 16.6 Å². The number of anilines is 1. The summed E-state index contributed by atoms with van der Waals surface area (Å²) < 4.78 is 5.27. The lowest BCUT2D eigenvalue weighted by Crippen LogP contribution is -2.46. The lowest BCUT2D eigenvalue weighted by molar-refractivity contribution is 0.247. The monoisotopic (exact) mass is 494 g/mol. The number of fused-ring (bicyclic) bond motifs is 1. The van der Waals surface area contributed by atoms with Crippen molar-refractivity contribution in [3.8, 4) is 27.7 Å². The highest BCUT2D eigenvalue weighted by Gasteiger charge is 2.22. The number of piperazine rings is 1. The van der Waals surface area contributed by atoms with E-state index in [1.807, 2.05) is 30.3 Å². The van der Waals surface area contributed by atoms with Gasteiger partial charge in [-0.3, -0.25) is 9.88 Å². The molecule has 4 heterocycles. The van der Waals surface area contributed by atoms with Gasteiger partial charge < -0.3 is 9.64 Å². The summed E-state index contributed by atoms with van der Waals surface area (Å²) in [6.45, 7) is 4.59. The number of pyridine rings is 1. The average molecular weight is 495 g/mol. The van der Waals surface area contributed by atoms with E-state index in [1.165, 1.54) is 0 Å². The first-order valence-electron chi connectivity index (χ1n) is 12.0. The highest BCUT2D eigenvalue weighted by atomic mass is 32.1. The minimum Gasteiger partial charge on any atom is -0.497 e. The zero-order chi connectivity index (χ0) is 24.3. The van der Waals surface area contributed by atoms with Crippen LogP contribution in [0.15, 0.2) is 78.4 Å². The maximum Gasteiger partial charge on any atom is 0.162 e. The van der Waals surface area contributed by atoms with Crippen molar-refractivity contribution in [3.63, 3.8) is 0 Å². The van der Waals surface area contributed by atoms with Gasteiger partial charge in [0.25, 0.3) is 0 Å². The second kappa shape index (κ2) is 10.0. The van der Waals surface area contributed by atoms with Gasteiger partial charge in [-0.05, 0) is 48.5 Å². The number of hydrogen-bond acceptors (Lipinski definition) is 8. The highest BCUT2D eigenvalue weighted by Crippen LogP contribution is 2.29. The Labute approximate surface area is 214 Å². The summed E-state index contributed by atoms with van der Waals surface area (Å²) in [5, 5.41) is 4.31. The van der Waals surface area contributed by atoms with Crippen molar-refractivity contribution < 1.29 is 4.74 Å². The Morgan fingerprint density at radius 3 is 2.39 bits per heavy atom. The molecule has 0 saturated carbocycles. The Morgan fingerprint density at radius 1 is 0.833 bits per heavy atom. The molecule has 0 aliphatic carbocycles. The molecule has 1 aliphatic rings. The van der Waals surface area contributed by atoms with Crippen LogP contribution in [0.25, 0.3) is 32.9 Å². The van der Waals surface area contributed by atoms with E-state index < -0.39 is 0 Å². The van der Waals surface area contributed by atoms with Gasteiger partial charge >= 0.3 is 0 Å².